The maximum atomic E-state index is 14.8. The van der Waals surface area contributed by atoms with E-state index in [0.29, 0.717) is 13.0 Å². The van der Waals surface area contributed by atoms with E-state index >= 15 is 0 Å². The zero-order chi connectivity index (χ0) is 24.9. The quantitative estimate of drug-likeness (QED) is 0.699. The first-order valence-corrected chi connectivity index (χ1v) is 11.1. The smallest absolute Gasteiger partial charge is 0.425 e. The number of alkyl halides is 3. The van der Waals surface area contributed by atoms with Crippen LogP contribution in [0.15, 0.2) is 35.5 Å². The molecule has 2 atom stereocenters. The molecule has 7 nitrogen and oxygen atoms in total. The van der Waals surface area contributed by atoms with Gasteiger partial charge in [-0.15, -0.1) is 0 Å². The highest BCUT2D eigenvalue weighted by atomic mass is 19.4. The normalized spacial score (nSPS) is 26.6. The van der Waals surface area contributed by atoms with E-state index in [0.717, 1.165) is 11.3 Å². The van der Waals surface area contributed by atoms with Gasteiger partial charge in [0.15, 0.2) is 5.78 Å². The number of rotatable bonds is 5. The first-order valence-electron chi connectivity index (χ1n) is 11.1. The summed E-state index contributed by atoms with van der Waals surface area (Å²) in [7, 11) is 1.28. The molecule has 0 radical (unpaired) electrons. The second kappa shape index (κ2) is 8.41. The van der Waals surface area contributed by atoms with Gasteiger partial charge >= 0.3 is 6.18 Å². The minimum absolute atomic E-state index is 0.0133. The summed E-state index contributed by atoms with van der Waals surface area (Å²) in [5, 5.41) is 1.93. The number of hydrogen-bond acceptors (Lipinski definition) is 5. The molecule has 0 aromatic heterocycles. The van der Waals surface area contributed by atoms with Gasteiger partial charge in [0.2, 0.25) is 5.54 Å². The Kier molecular flexibility index (Phi) is 6.00. The van der Waals surface area contributed by atoms with E-state index in [1.54, 1.807) is 19.9 Å². The van der Waals surface area contributed by atoms with E-state index in [2.05, 4.69) is 0 Å². The van der Waals surface area contributed by atoms with Crippen molar-refractivity contribution >= 4 is 17.6 Å². The predicted molar refractivity (Wildman–Crippen MR) is 115 cm³/mol. The summed E-state index contributed by atoms with van der Waals surface area (Å²) in [5.41, 5.74) is -4.97. The van der Waals surface area contributed by atoms with Crippen molar-refractivity contribution in [2.75, 3.05) is 20.3 Å². The van der Waals surface area contributed by atoms with E-state index in [-0.39, 0.29) is 36.4 Å². The van der Waals surface area contributed by atoms with Crippen molar-refractivity contribution in [3.05, 3.63) is 41.1 Å². The molecule has 1 aromatic rings. The molecule has 34 heavy (non-hydrogen) atoms. The Morgan fingerprint density at radius 3 is 2.56 bits per heavy atom. The van der Waals surface area contributed by atoms with E-state index in [9.17, 15) is 27.6 Å². The van der Waals surface area contributed by atoms with Gasteiger partial charge < -0.3 is 19.7 Å². The summed E-state index contributed by atoms with van der Waals surface area (Å²) in [4.78, 5) is 40.9. The molecule has 1 aliphatic carbocycles. The van der Waals surface area contributed by atoms with Gasteiger partial charge in [-0.3, -0.25) is 14.4 Å². The van der Waals surface area contributed by atoms with Crippen LogP contribution in [0.4, 0.5) is 13.2 Å². The summed E-state index contributed by atoms with van der Waals surface area (Å²) in [6.07, 6.45) is -4.45. The van der Waals surface area contributed by atoms with Crippen LogP contribution in [0.1, 0.15) is 49.9 Å². The molecule has 0 saturated carbocycles. The average molecular weight is 480 g/mol. The van der Waals surface area contributed by atoms with Gasteiger partial charge in [-0.1, -0.05) is 26.0 Å². The summed E-state index contributed by atoms with van der Waals surface area (Å²) < 4.78 is 55.2. The molecule has 10 heteroatoms. The molecular formula is C24H27F3N2O5. The Bertz CT molecular complexity index is 1060. The van der Waals surface area contributed by atoms with Gasteiger partial charge in [-0.05, 0) is 36.8 Å². The van der Waals surface area contributed by atoms with Crippen LogP contribution in [0.5, 0.6) is 5.75 Å². The molecule has 1 aromatic carbocycles. The number of allylic oxidation sites excluding steroid dienone is 1. The molecule has 184 valence electrons. The molecule has 3 aliphatic rings. The number of ketones is 1. The van der Waals surface area contributed by atoms with Crippen LogP contribution >= 0.6 is 0 Å². The third-order valence-corrected chi connectivity index (χ3v) is 6.61. The van der Waals surface area contributed by atoms with Crippen LogP contribution in [0.2, 0.25) is 0 Å². The summed E-state index contributed by atoms with van der Waals surface area (Å²) in [6.45, 7) is 3.89. The van der Waals surface area contributed by atoms with Crippen LogP contribution in [0.3, 0.4) is 0 Å². The first-order chi connectivity index (χ1) is 15.9. The second-order valence-corrected chi connectivity index (χ2v) is 9.72. The number of amides is 2. The summed E-state index contributed by atoms with van der Waals surface area (Å²) in [6, 6.07) is 5.75. The summed E-state index contributed by atoms with van der Waals surface area (Å²) >= 11 is 0. The molecule has 0 bridgehead atoms. The largest absolute Gasteiger partial charge is 0.496 e. The maximum absolute atomic E-state index is 14.8. The lowest BCUT2D eigenvalue weighted by Gasteiger charge is -2.35. The molecule has 1 N–H and O–H groups in total. The number of benzene rings is 1. The van der Waals surface area contributed by atoms with Crippen molar-refractivity contribution in [3.63, 3.8) is 0 Å². The fourth-order valence-corrected chi connectivity index (χ4v) is 5.08. The van der Waals surface area contributed by atoms with Gasteiger partial charge in [-0.2, -0.15) is 13.2 Å². The van der Waals surface area contributed by atoms with Crippen molar-refractivity contribution < 1.29 is 37.0 Å². The van der Waals surface area contributed by atoms with E-state index in [1.807, 2.05) is 5.32 Å². The van der Waals surface area contributed by atoms with E-state index in [1.165, 1.54) is 25.3 Å². The molecule has 0 unspecified atom stereocenters. The number of carbonyl (C=O) groups excluding carboxylic acids is 3. The second-order valence-electron chi connectivity index (χ2n) is 9.72. The number of carbonyl (C=O) groups is 3. The van der Waals surface area contributed by atoms with Gasteiger partial charge in [0, 0.05) is 18.7 Å². The van der Waals surface area contributed by atoms with Gasteiger partial charge in [0.25, 0.3) is 11.8 Å². The zero-order valence-corrected chi connectivity index (χ0v) is 19.3. The van der Waals surface area contributed by atoms with Crippen LogP contribution in [-0.4, -0.2) is 60.6 Å². The lowest BCUT2D eigenvalue weighted by atomic mass is 9.72. The molecule has 2 aliphatic heterocycles. The number of Topliss-reactive ketones (excluding diaryl/α,β-unsaturated/α-hetero) is 1. The van der Waals surface area contributed by atoms with Crippen molar-refractivity contribution in [1.82, 2.24) is 10.2 Å². The predicted octanol–water partition coefficient (Wildman–Crippen LogP) is 3.39. The number of hydrogen-bond donors (Lipinski definition) is 1. The van der Waals surface area contributed by atoms with Gasteiger partial charge in [0.1, 0.15) is 5.75 Å². The average Bonchev–Trinajstić information content (AvgIpc) is 3.34. The Morgan fingerprint density at radius 1 is 1.24 bits per heavy atom. The van der Waals surface area contributed by atoms with Crippen LogP contribution in [0.25, 0.3) is 0 Å². The molecule has 1 saturated heterocycles. The van der Waals surface area contributed by atoms with Gasteiger partial charge in [0.05, 0.1) is 30.9 Å². The highest BCUT2D eigenvalue weighted by Crippen LogP contribution is 2.52. The van der Waals surface area contributed by atoms with Crippen LogP contribution in [-0.2, 0) is 14.3 Å². The Hall–Kier alpha value is -2.88. The fraction of sp³-hybridized carbons (Fsp3) is 0.542. The number of halogens is 3. The topological polar surface area (TPSA) is 84.9 Å². The number of nitrogens with one attached hydrogen (secondary N) is 1. The van der Waals surface area contributed by atoms with Crippen molar-refractivity contribution in [3.8, 4) is 5.75 Å². The van der Waals surface area contributed by atoms with Crippen molar-refractivity contribution in [2.24, 2.45) is 5.41 Å². The highest BCUT2D eigenvalue weighted by molar-refractivity contribution is 6.14. The lowest BCUT2D eigenvalue weighted by molar-refractivity contribution is -0.191. The van der Waals surface area contributed by atoms with Crippen molar-refractivity contribution in [1.29, 1.82) is 0 Å². The van der Waals surface area contributed by atoms with Crippen molar-refractivity contribution in [2.45, 2.75) is 57.3 Å². The SMILES string of the molecule is COc1ccccc1C(=O)N[C@@]1(C(F)(F)F)C(=O)N(C[C@H]2CCCO2)C2=C1C(=O)CC(C)(C)C2. The molecule has 2 amide bonds. The monoisotopic (exact) mass is 480 g/mol. The molecule has 2 heterocycles. The first kappa shape index (κ1) is 24.3. The maximum Gasteiger partial charge on any atom is 0.425 e. The molecule has 4 rings (SSSR count). The van der Waals surface area contributed by atoms with Crippen LogP contribution in [0, 0.1) is 5.41 Å². The number of methoxy groups -OCH3 is 1. The van der Waals surface area contributed by atoms with Gasteiger partial charge in [-0.25, -0.2) is 0 Å². The number of para-hydroxylation sites is 1. The standard InChI is InChI=1S/C24H27F3N2O5/c1-22(2)11-16-19(17(30)12-22)23(24(25,26)27,21(32)29(16)13-14-7-6-10-34-14)28-20(31)15-8-4-5-9-18(15)33-3/h4-5,8-9,14H,6-7,10-13H2,1-3H3,(H,28,31)/t14-,23-/m1/s1. The third kappa shape index (κ3) is 3.87. The zero-order valence-electron chi connectivity index (χ0n) is 19.3. The molecule has 1 fully saturated rings. The van der Waals surface area contributed by atoms with E-state index < -0.39 is 46.4 Å². The van der Waals surface area contributed by atoms with E-state index in [4.69, 9.17) is 9.47 Å². The Labute approximate surface area is 195 Å². The Balaban J connectivity index is 1.85. The summed E-state index contributed by atoms with van der Waals surface area (Å²) in [5.74, 6) is -3.29. The fourth-order valence-electron chi connectivity index (χ4n) is 5.08. The number of ether oxygens (including phenoxy) is 2. The minimum Gasteiger partial charge on any atom is -0.496 e. The minimum atomic E-state index is -5.26. The third-order valence-electron chi connectivity index (χ3n) is 6.61. The van der Waals surface area contributed by atoms with Crippen LogP contribution < -0.4 is 10.1 Å². The highest BCUT2D eigenvalue weighted by Gasteiger charge is 2.71. The lowest BCUT2D eigenvalue weighted by Crippen LogP contribution is -2.66. The molecular weight excluding hydrogens is 453 g/mol. The Morgan fingerprint density at radius 2 is 1.94 bits per heavy atom. The molecule has 0 spiro atoms. The number of nitrogens with zero attached hydrogens (tertiary/aromatic N) is 1.